The van der Waals surface area contributed by atoms with Crippen molar-refractivity contribution >= 4 is 11.8 Å². The van der Waals surface area contributed by atoms with Crippen LogP contribution in [-0.2, 0) is 17.8 Å². The molecule has 2 amide bonds. The highest BCUT2D eigenvalue weighted by Crippen LogP contribution is 2.18. The summed E-state index contributed by atoms with van der Waals surface area (Å²) >= 11 is 0. The first kappa shape index (κ1) is 17.2. The van der Waals surface area contributed by atoms with E-state index in [1.165, 1.54) is 0 Å². The van der Waals surface area contributed by atoms with Crippen LogP contribution in [0.2, 0.25) is 0 Å². The Labute approximate surface area is 146 Å². The molecule has 8 heteroatoms. The van der Waals surface area contributed by atoms with Crippen molar-refractivity contribution in [2.75, 3.05) is 26.8 Å². The van der Waals surface area contributed by atoms with E-state index in [0.29, 0.717) is 44.2 Å². The molecule has 1 atom stereocenters. The van der Waals surface area contributed by atoms with Gasteiger partial charge in [0.15, 0.2) is 0 Å². The quantitative estimate of drug-likeness (QED) is 0.797. The van der Waals surface area contributed by atoms with Gasteiger partial charge in [0.2, 0.25) is 0 Å². The number of hydrogen-bond donors (Lipinski definition) is 1. The van der Waals surface area contributed by atoms with Crippen molar-refractivity contribution in [2.24, 2.45) is 0 Å². The summed E-state index contributed by atoms with van der Waals surface area (Å²) < 4.78 is 8.70. The Balaban J connectivity index is 1.71. The van der Waals surface area contributed by atoms with Gasteiger partial charge in [0.05, 0.1) is 12.6 Å². The minimum Gasteiger partial charge on any atom is -0.383 e. The lowest BCUT2D eigenvalue weighted by atomic mass is 10.1. The first-order chi connectivity index (χ1) is 12.2. The lowest BCUT2D eigenvalue weighted by Crippen LogP contribution is -2.53. The third kappa shape index (κ3) is 3.43. The highest BCUT2D eigenvalue weighted by Gasteiger charge is 2.32. The Morgan fingerprint density at radius 2 is 2.28 bits per heavy atom. The van der Waals surface area contributed by atoms with E-state index in [1.807, 2.05) is 29.8 Å². The fraction of sp³-hybridized carbons (Fsp3) is 0.471. The van der Waals surface area contributed by atoms with Crippen molar-refractivity contribution < 1.29 is 14.3 Å². The molecule has 0 fully saturated rings. The normalized spacial score (nSPS) is 16.8. The zero-order valence-electron chi connectivity index (χ0n) is 14.5. The molecular weight excluding hydrogens is 322 g/mol. The van der Waals surface area contributed by atoms with Gasteiger partial charge in [-0.15, -0.1) is 0 Å². The molecule has 0 saturated heterocycles. The van der Waals surface area contributed by atoms with Gasteiger partial charge in [-0.05, 0) is 25.1 Å². The van der Waals surface area contributed by atoms with Gasteiger partial charge >= 0.3 is 0 Å². The van der Waals surface area contributed by atoms with Gasteiger partial charge in [0.25, 0.3) is 11.8 Å². The third-order valence-corrected chi connectivity index (χ3v) is 4.44. The SMILES string of the molecule is CCn1nccc1C(=O)NCC1Cn2cccc2C(=O)N1CCOC. The number of methoxy groups -OCH3 is 1. The second kappa shape index (κ2) is 7.52. The van der Waals surface area contributed by atoms with Crippen molar-refractivity contribution in [3.63, 3.8) is 0 Å². The Morgan fingerprint density at radius 1 is 1.44 bits per heavy atom. The summed E-state index contributed by atoms with van der Waals surface area (Å²) in [7, 11) is 1.61. The van der Waals surface area contributed by atoms with E-state index in [9.17, 15) is 9.59 Å². The van der Waals surface area contributed by atoms with E-state index in [2.05, 4.69) is 10.4 Å². The van der Waals surface area contributed by atoms with Gasteiger partial charge in [-0.2, -0.15) is 5.10 Å². The summed E-state index contributed by atoms with van der Waals surface area (Å²) in [5.74, 6) is -0.219. The lowest BCUT2D eigenvalue weighted by molar-refractivity contribution is 0.0503. The number of nitrogens with zero attached hydrogens (tertiary/aromatic N) is 4. The number of amides is 2. The van der Waals surface area contributed by atoms with Crippen LogP contribution in [0.4, 0.5) is 0 Å². The van der Waals surface area contributed by atoms with Gasteiger partial charge in [-0.1, -0.05) is 0 Å². The number of carbonyl (C=O) groups excluding carboxylic acids is 2. The Kier molecular flexibility index (Phi) is 5.18. The van der Waals surface area contributed by atoms with Crippen LogP contribution in [0.5, 0.6) is 0 Å². The van der Waals surface area contributed by atoms with Crippen LogP contribution >= 0.6 is 0 Å². The van der Waals surface area contributed by atoms with Crippen molar-refractivity contribution in [1.82, 2.24) is 24.6 Å². The van der Waals surface area contributed by atoms with Crippen LogP contribution in [0.15, 0.2) is 30.6 Å². The maximum Gasteiger partial charge on any atom is 0.270 e. The highest BCUT2D eigenvalue weighted by molar-refractivity contribution is 5.94. The van der Waals surface area contributed by atoms with Crippen molar-refractivity contribution in [3.05, 3.63) is 42.0 Å². The maximum atomic E-state index is 12.7. The summed E-state index contributed by atoms with van der Waals surface area (Å²) in [4.78, 5) is 26.9. The molecule has 0 bridgehead atoms. The molecule has 1 aliphatic rings. The second-order valence-corrected chi connectivity index (χ2v) is 5.93. The molecule has 0 aliphatic carbocycles. The molecule has 134 valence electrons. The van der Waals surface area contributed by atoms with Crippen LogP contribution in [-0.4, -0.2) is 63.9 Å². The number of fused-ring (bicyclic) bond motifs is 1. The number of ether oxygens (including phenoxy) is 1. The molecule has 2 aromatic heterocycles. The summed E-state index contributed by atoms with van der Waals surface area (Å²) in [6, 6.07) is 5.25. The van der Waals surface area contributed by atoms with Gasteiger partial charge in [0, 0.05) is 45.7 Å². The number of carbonyl (C=O) groups is 2. The van der Waals surface area contributed by atoms with Gasteiger partial charge in [-0.25, -0.2) is 0 Å². The Hall–Kier alpha value is -2.61. The summed E-state index contributed by atoms with van der Waals surface area (Å²) in [6.45, 7) is 4.54. The molecule has 3 rings (SSSR count). The minimum absolute atomic E-state index is 0.0360. The van der Waals surface area contributed by atoms with Crippen LogP contribution < -0.4 is 5.32 Å². The van der Waals surface area contributed by atoms with Gasteiger partial charge < -0.3 is 19.5 Å². The average Bonchev–Trinajstić information content (AvgIpc) is 3.27. The zero-order chi connectivity index (χ0) is 17.8. The fourth-order valence-electron chi connectivity index (χ4n) is 3.13. The van der Waals surface area contributed by atoms with Crippen molar-refractivity contribution in [2.45, 2.75) is 26.1 Å². The summed E-state index contributed by atoms with van der Waals surface area (Å²) in [5.41, 5.74) is 1.19. The van der Waals surface area contributed by atoms with E-state index < -0.39 is 0 Å². The van der Waals surface area contributed by atoms with Gasteiger partial charge in [0.1, 0.15) is 11.4 Å². The van der Waals surface area contributed by atoms with Crippen LogP contribution in [0.1, 0.15) is 27.9 Å². The third-order valence-electron chi connectivity index (χ3n) is 4.44. The van der Waals surface area contributed by atoms with E-state index in [4.69, 9.17) is 4.74 Å². The van der Waals surface area contributed by atoms with E-state index >= 15 is 0 Å². The number of rotatable bonds is 7. The van der Waals surface area contributed by atoms with E-state index in [0.717, 1.165) is 0 Å². The molecule has 25 heavy (non-hydrogen) atoms. The predicted octanol–water partition coefficient (Wildman–Crippen LogP) is 0.605. The molecule has 1 aliphatic heterocycles. The molecule has 2 aromatic rings. The molecule has 3 heterocycles. The van der Waals surface area contributed by atoms with Crippen molar-refractivity contribution in [1.29, 1.82) is 0 Å². The molecule has 0 radical (unpaired) electrons. The van der Waals surface area contributed by atoms with E-state index in [-0.39, 0.29) is 17.9 Å². The second-order valence-electron chi connectivity index (χ2n) is 5.93. The van der Waals surface area contributed by atoms with Crippen LogP contribution in [0.3, 0.4) is 0 Å². The Bertz CT molecular complexity index is 751. The average molecular weight is 345 g/mol. The van der Waals surface area contributed by atoms with Crippen LogP contribution in [0.25, 0.3) is 0 Å². The summed E-state index contributed by atoms with van der Waals surface area (Å²) in [6.07, 6.45) is 3.50. The minimum atomic E-state index is -0.184. The number of aryl methyl sites for hydroxylation is 1. The van der Waals surface area contributed by atoms with Crippen molar-refractivity contribution in [3.8, 4) is 0 Å². The number of aromatic nitrogens is 3. The molecule has 1 N–H and O–H groups in total. The monoisotopic (exact) mass is 345 g/mol. The van der Waals surface area contributed by atoms with E-state index in [1.54, 1.807) is 29.0 Å². The first-order valence-electron chi connectivity index (χ1n) is 8.40. The lowest BCUT2D eigenvalue weighted by Gasteiger charge is -2.36. The smallest absolute Gasteiger partial charge is 0.270 e. The Morgan fingerprint density at radius 3 is 3.04 bits per heavy atom. The topological polar surface area (TPSA) is 81.4 Å². The highest BCUT2D eigenvalue weighted by atomic mass is 16.5. The number of hydrogen-bond acceptors (Lipinski definition) is 4. The molecule has 0 saturated carbocycles. The molecule has 0 spiro atoms. The standard InChI is InChI=1S/C17H23N5O3/c1-3-22-14(6-7-19-22)16(23)18-11-13-12-20-8-4-5-15(20)17(24)21(13)9-10-25-2/h4-8,13H,3,9-12H2,1-2H3,(H,18,23). The predicted molar refractivity (Wildman–Crippen MR) is 91.4 cm³/mol. The maximum absolute atomic E-state index is 12.7. The van der Waals surface area contributed by atoms with Gasteiger partial charge in [-0.3, -0.25) is 14.3 Å². The number of nitrogens with one attached hydrogen (secondary N) is 1. The van der Waals surface area contributed by atoms with Crippen LogP contribution in [0, 0.1) is 0 Å². The first-order valence-corrected chi connectivity index (χ1v) is 8.40. The molecule has 0 aromatic carbocycles. The fourth-order valence-corrected chi connectivity index (χ4v) is 3.13. The molecular formula is C17H23N5O3. The molecule has 8 nitrogen and oxygen atoms in total. The molecule has 1 unspecified atom stereocenters. The zero-order valence-corrected chi connectivity index (χ0v) is 14.5. The largest absolute Gasteiger partial charge is 0.383 e. The summed E-state index contributed by atoms with van der Waals surface area (Å²) in [5, 5.41) is 7.04.